The Labute approximate surface area is 138 Å². The number of carbonyl (C=O) groups excluding carboxylic acids is 1. The molecule has 1 aliphatic heterocycles. The van der Waals surface area contributed by atoms with E-state index in [9.17, 15) is 4.79 Å². The number of hydrogen-bond donors (Lipinski definition) is 1. The van der Waals surface area contributed by atoms with E-state index in [4.69, 9.17) is 0 Å². The molecule has 0 saturated carbocycles. The van der Waals surface area contributed by atoms with Gasteiger partial charge < -0.3 is 5.32 Å². The summed E-state index contributed by atoms with van der Waals surface area (Å²) < 4.78 is 5.25. The molecule has 2 aromatic carbocycles. The molecule has 4 rings (SSSR count). The van der Waals surface area contributed by atoms with Gasteiger partial charge in [-0.1, -0.05) is 24.3 Å². The third-order valence-corrected chi connectivity index (χ3v) is 5.01. The minimum atomic E-state index is -0.0187. The van der Waals surface area contributed by atoms with Crippen LogP contribution in [-0.2, 0) is 13.1 Å². The van der Waals surface area contributed by atoms with Crippen LogP contribution in [0.2, 0.25) is 0 Å². The number of aromatic nitrogens is 1. The third kappa shape index (κ3) is 2.98. The molecule has 1 amide bonds. The number of nitrogens with zero attached hydrogens (tertiary/aromatic N) is 2. The van der Waals surface area contributed by atoms with E-state index in [1.165, 1.54) is 22.7 Å². The maximum atomic E-state index is 12.3. The molecule has 0 unspecified atom stereocenters. The third-order valence-electron chi connectivity index (χ3n) is 4.23. The van der Waals surface area contributed by atoms with Crippen molar-refractivity contribution in [1.82, 2.24) is 14.6 Å². The highest BCUT2D eigenvalue weighted by molar-refractivity contribution is 7.13. The predicted molar refractivity (Wildman–Crippen MR) is 92.5 cm³/mol. The zero-order valence-corrected chi connectivity index (χ0v) is 13.5. The SMILES string of the molecule is O=C(NCCN1Cc2ccccc2C1)c1ccc2sncc2c1. The lowest BCUT2D eigenvalue weighted by Crippen LogP contribution is -2.32. The van der Waals surface area contributed by atoms with Gasteiger partial charge in [-0.3, -0.25) is 9.69 Å². The molecule has 4 nitrogen and oxygen atoms in total. The van der Waals surface area contributed by atoms with Gasteiger partial charge in [0.2, 0.25) is 0 Å². The highest BCUT2D eigenvalue weighted by Gasteiger charge is 2.17. The van der Waals surface area contributed by atoms with Crippen LogP contribution in [0.25, 0.3) is 10.1 Å². The van der Waals surface area contributed by atoms with Gasteiger partial charge in [0, 0.05) is 43.3 Å². The van der Waals surface area contributed by atoms with Crippen LogP contribution in [0.15, 0.2) is 48.7 Å². The number of fused-ring (bicyclic) bond motifs is 2. The summed E-state index contributed by atoms with van der Waals surface area (Å²) in [6, 6.07) is 14.2. The molecule has 1 N–H and O–H groups in total. The fraction of sp³-hybridized carbons (Fsp3) is 0.222. The average molecular weight is 323 g/mol. The fourth-order valence-electron chi connectivity index (χ4n) is 3.01. The van der Waals surface area contributed by atoms with Crippen molar-refractivity contribution in [3.05, 3.63) is 65.4 Å². The predicted octanol–water partition coefficient (Wildman–Crippen LogP) is 3.04. The lowest BCUT2D eigenvalue weighted by Gasteiger charge is -2.15. The summed E-state index contributed by atoms with van der Waals surface area (Å²) in [5, 5.41) is 4.04. The molecule has 3 aromatic rings. The Morgan fingerprint density at radius 1 is 1.17 bits per heavy atom. The quantitative estimate of drug-likeness (QED) is 0.803. The zero-order valence-electron chi connectivity index (χ0n) is 12.7. The van der Waals surface area contributed by atoms with Crippen LogP contribution >= 0.6 is 11.5 Å². The maximum Gasteiger partial charge on any atom is 0.251 e. The number of hydrogen-bond acceptors (Lipinski definition) is 4. The highest BCUT2D eigenvalue weighted by Crippen LogP contribution is 2.21. The molecule has 0 saturated heterocycles. The lowest BCUT2D eigenvalue weighted by atomic mass is 10.1. The second-order valence-corrected chi connectivity index (χ2v) is 6.65. The smallest absolute Gasteiger partial charge is 0.251 e. The van der Waals surface area contributed by atoms with E-state index in [-0.39, 0.29) is 5.91 Å². The van der Waals surface area contributed by atoms with E-state index in [1.807, 2.05) is 18.2 Å². The van der Waals surface area contributed by atoms with Gasteiger partial charge in [0.1, 0.15) is 0 Å². The van der Waals surface area contributed by atoms with Crippen LogP contribution in [0.5, 0.6) is 0 Å². The Kier molecular flexibility index (Phi) is 3.81. The van der Waals surface area contributed by atoms with Gasteiger partial charge in [0.25, 0.3) is 5.91 Å². The topological polar surface area (TPSA) is 45.2 Å². The van der Waals surface area contributed by atoms with E-state index >= 15 is 0 Å². The second kappa shape index (κ2) is 6.10. The summed E-state index contributed by atoms with van der Waals surface area (Å²) in [7, 11) is 0. The molecule has 0 spiro atoms. The van der Waals surface area contributed by atoms with Crippen molar-refractivity contribution < 1.29 is 4.79 Å². The van der Waals surface area contributed by atoms with E-state index in [2.05, 4.69) is 38.9 Å². The average Bonchev–Trinajstić information content (AvgIpc) is 3.19. The second-order valence-electron chi connectivity index (χ2n) is 5.81. The van der Waals surface area contributed by atoms with Crippen molar-refractivity contribution in [3.8, 4) is 0 Å². The van der Waals surface area contributed by atoms with Crippen LogP contribution < -0.4 is 5.32 Å². The minimum absolute atomic E-state index is 0.0187. The van der Waals surface area contributed by atoms with Gasteiger partial charge >= 0.3 is 0 Å². The van der Waals surface area contributed by atoms with Crippen LogP contribution in [0, 0.1) is 0 Å². The van der Waals surface area contributed by atoms with Crippen LogP contribution in [-0.4, -0.2) is 28.3 Å². The Balaban J connectivity index is 1.32. The first kappa shape index (κ1) is 14.4. The Hall–Kier alpha value is -2.24. The molecule has 23 heavy (non-hydrogen) atoms. The summed E-state index contributed by atoms with van der Waals surface area (Å²) >= 11 is 1.45. The first-order valence-corrected chi connectivity index (χ1v) is 8.49. The Morgan fingerprint density at radius 3 is 2.74 bits per heavy atom. The summed E-state index contributed by atoms with van der Waals surface area (Å²) in [4.78, 5) is 14.6. The molecule has 0 bridgehead atoms. The van der Waals surface area contributed by atoms with Gasteiger partial charge in [-0.15, -0.1) is 0 Å². The van der Waals surface area contributed by atoms with E-state index in [0.717, 1.165) is 29.7 Å². The monoisotopic (exact) mass is 323 g/mol. The molecule has 1 aromatic heterocycles. The number of nitrogens with one attached hydrogen (secondary N) is 1. The molecule has 0 aliphatic carbocycles. The van der Waals surface area contributed by atoms with Crippen molar-refractivity contribution in [2.75, 3.05) is 13.1 Å². The van der Waals surface area contributed by atoms with Crippen molar-refractivity contribution in [2.24, 2.45) is 0 Å². The molecule has 0 radical (unpaired) electrons. The minimum Gasteiger partial charge on any atom is -0.351 e. The molecule has 0 fully saturated rings. The Morgan fingerprint density at radius 2 is 1.96 bits per heavy atom. The Bertz CT molecular complexity index is 833. The molecule has 1 aliphatic rings. The van der Waals surface area contributed by atoms with Gasteiger partial charge in [-0.25, -0.2) is 0 Å². The zero-order chi connectivity index (χ0) is 15.6. The van der Waals surface area contributed by atoms with Crippen molar-refractivity contribution in [3.63, 3.8) is 0 Å². The van der Waals surface area contributed by atoms with E-state index in [0.29, 0.717) is 12.1 Å². The van der Waals surface area contributed by atoms with Gasteiger partial charge in [-0.05, 0) is 40.9 Å². The molecular formula is C18H17N3OS. The van der Waals surface area contributed by atoms with Crippen LogP contribution in [0.3, 0.4) is 0 Å². The van der Waals surface area contributed by atoms with Crippen molar-refractivity contribution in [1.29, 1.82) is 0 Å². The van der Waals surface area contributed by atoms with Crippen LogP contribution in [0.4, 0.5) is 0 Å². The standard InChI is InChI=1S/C18H17N3OS/c22-18(13-5-6-17-16(9-13)10-20-23-17)19-7-8-21-11-14-3-1-2-4-15(14)12-21/h1-6,9-10H,7-8,11-12H2,(H,19,22). The molecular weight excluding hydrogens is 306 g/mol. The van der Waals surface area contributed by atoms with E-state index < -0.39 is 0 Å². The fourth-order valence-corrected chi connectivity index (χ4v) is 3.63. The van der Waals surface area contributed by atoms with Gasteiger partial charge in [-0.2, -0.15) is 4.37 Å². The molecule has 0 atom stereocenters. The van der Waals surface area contributed by atoms with E-state index in [1.54, 1.807) is 6.20 Å². The number of rotatable bonds is 4. The first-order chi connectivity index (χ1) is 11.3. The highest BCUT2D eigenvalue weighted by atomic mass is 32.1. The molecule has 2 heterocycles. The maximum absolute atomic E-state index is 12.3. The summed E-state index contributed by atoms with van der Waals surface area (Å²) in [6.07, 6.45) is 1.80. The normalized spacial score (nSPS) is 14.1. The van der Waals surface area contributed by atoms with Gasteiger partial charge in [0.15, 0.2) is 0 Å². The van der Waals surface area contributed by atoms with Crippen molar-refractivity contribution in [2.45, 2.75) is 13.1 Å². The summed E-state index contributed by atoms with van der Waals surface area (Å²) in [6.45, 7) is 3.46. The van der Waals surface area contributed by atoms with Gasteiger partial charge in [0.05, 0.1) is 4.70 Å². The largest absolute Gasteiger partial charge is 0.351 e. The van der Waals surface area contributed by atoms with Crippen LogP contribution in [0.1, 0.15) is 21.5 Å². The number of amides is 1. The summed E-state index contributed by atoms with van der Waals surface area (Å²) in [5.41, 5.74) is 3.49. The van der Waals surface area contributed by atoms with Crippen molar-refractivity contribution >= 4 is 27.5 Å². The first-order valence-electron chi connectivity index (χ1n) is 7.71. The molecule has 116 valence electrons. The summed E-state index contributed by atoms with van der Waals surface area (Å²) in [5.74, 6) is -0.0187. The number of carbonyl (C=O) groups is 1. The number of benzene rings is 2. The molecule has 5 heteroatoms. The lowest BCUT2D eigenvalue weighted by molar-refractivity contribution is 0.0948.